The predicted octanol–water partition coefficient (Wildman–Crippen LogP) is 4.30. The van der Waals surface area contributed by atoms with E-state index in [0.29, 0.717) is 17.8 Å². The summed E-state index contributed by atoms with van der Waals surface area (Å²) in [5.41, 5.74) is 3.11. The Hall–Kier alpha value is -1.03. The van der Waals surface area contributed by atoms with Gasteiger partial charge in [0.2, 0.25) is 0 Å². The minimum Gasteiger partial charge on any atom is -0.309 e. The summed E-state index contributed by atoms with van der Waals surface area (Å²) in [5, 5.41) is 4.58. The van der Waals surface area contributed by atoms with Gasteiger partial charge in [0.05, 0.1) is 11.6 Å². The van der Waals surface area contributed by atoms with E-state index >= 15 is 0 Å². The molecular formula is C15H25ClN4. The average molecular weight is 297 g/mol. The number of nitrogens with zero attached hydrogens (tertiary/aromatic N) is 4. The van der Waals surface area contributed by atoms with E-state index in [-0.39, 0.29) is 0 Å². The summed E-state index contributed by atoms with van der Waals surface area (Å²) in [7, 11) is 0. The maximum atomic E-state index is 6.11. The Balaban J connectivity index is 2.54. The van der Waals surface area contributed by atoms with E-state index in [1.165, 1.54) is 6.42 Å². The van der Waals surface area contributed by atoms with Crippen LogP contribution in [0.1, 0.15) is 58.1 Å². The van der Waals surface area contributed by atoms with Gasteiger partial charge in [0.1, 0.15) is 11.3 Å². The van der Waals surface area contributed by atoms with Crippen molar-refractivity contribution in [2.45, 2.75) is 65.9 Å². The van der Waals surface area contributed by atoms with E-state index in [1.54, 1.807) is 0 Å². The van der Waals surface area contributed by atoms with Gasteiger partial charge >= 0.3 is 0 Å². The number of halogens is 1. The first kappa shape index (κ1) is 15.4. The largest absolute Gasteiger partial charge is 0.309 e. The van der Waals surface area contributed by atoms with Gasteiger partial charge in [0.15, 0.2) is 5.65 Å². The van der Waals surface area contributed by atoms with E-state index in [4.69, 9.17) is 16.6 Å². The first-order chi connectivity index (χ1) is 9.53. The van der Waals surface area contributed by atoms with Crippen LogP contribution >= 0.6 is 11.6 Å². The smallest absolute Gasteiger partial charge is 0.159 e. The van der Waals surface area contributed by atoms with Crippen molar-refractivity contribution in [1.82, 2.24) is 19.3 Å². The molecule has 2 heterocycles. The molecule has 0 aliphatic heterocycles. The number of hydrogen-bond acceptors (Lipinski definition) is 2. The number of aryl methyl sites for hydroxylation is 2. The Morgan fingerprint density at radius 3 is 2.50 bits per heavy atom. The molecule has 4 nitrogen and oxygen atoms in total. The van der Waals surface area contributed by atoms with Gasteiger partial charge in [0, 0.05) is 12.6 Å². The van der Waals surface area contributed by atoms with Gasteiger partial charge in [-0.1, -0.05) is 20.3 Å². The van der Waals surface area contributed by atoms with Crippen molar-refractivity contribution in [2.24, 2.45) is 5.92 Å². The summed E-state index contributed by atoms with van der Waals surface area (Å²) in [5.74, 6) is 2.10. The highest BCUT2D eigenvalue weighted by molar-refractivity contribution is 6.16. The van der Waals surface area contributed by atoms with Gasteiger partial charge in [-0.05, 0) is 33.1 Å². The van der Waals surface area contributed by atoms with Gasteiger partial charge in [0.25, 0.3) is 0 Å². The van der Waals surface area contributed by atoms with Crippen LogP contribution in [0.5, 0.6) is 0 Å². The van der Waals surface area contributed by atoms with Crippen LogP contribution < -0.4 is 0 Å². The van der Waals surface area contributed by atoms with E-state index < -0.39 is 0 Å². The summed E-state index contributed by atoms with van der Waals surface area (Å²) >= 11 is 6.11. The van der Waals surface area contributed by atoms with Crippen LogP contribution in [0.3, 0.4) is 0 Å². The predicted molar refractivity (Wildman–Crippen MR) is 84.3 cm³/mol. The van der Waals surface area contributed by atoms with Crippen LogP contribution in [-0.4, -0.2) is 19.3 Å². The first-order valence-electron chi connectivity index (χ1n) is 7.53. The minimum atomic E-state index is 0.394. The molecule has 5 heteroatoms. The Bertz CT molecular complexity index is 584. The monoisotopic (exact) mass is 296 g/mol. The van der Waals surface area contributed by atoms with Crippen molar-refractivity contribution in [3.8, 4) is 0 Å². The molecule has 20 heavy (non-hydrogen) atoms. The molecule has 0 N–H and O–H groups in total. The molecule has 0 bridgehead atoms. The fourth-order valence-corrected chi connectivity index (χ4v) is 3.06. The third-order valence-corrected chi connectivity index (χ3v) is 4.36. The van der Waals surface area contributed by atoms with Crippen LogP contribution in [0, 0.1) is 12.8 Å². The molecular weight excluding hydrogens is 272 g/mol. The van der Waals surface area contributed by atoms with Crippen molar-refractivity contribution < 1.29 is 0 Å². The fourth-order valence-electron chi connectivity index (χ4n) is 2.87. The summed E-state index contributed by atoms with van der Waals surface area (Å²) < 4.78 is 4.33. The Morgan fingerprint density at radius 1 is 1.25 bits per heavy atom. The van der Waals surface area contributed by atoms with Crippen molar-refractivity contribution in [3.05, 3.63) is 11.5 Å². The van der Waals surface area contributed by atoms with E-state index in [0.717, 1.165) is 35.6 Å². The molecule has 0 amide bonds. The molecule has 0 aliphatic rings. The molecule has 112 valence electrons. The van der Waals surface area contributed by atoms with E-state index in [2.05, 4.69) is 37.4 Å². The third kappa shape index (κ3) is 2.58. The lowest BCUT2D eigenvalue weighted by molar-refractivity contribution is 0.394. The second-order valence-corrected chi connectivity index (χ2v) is 5.97. The molecule has 0 spiro atoms. The second kappa shape index (κ2) is 6.17. The highest BCUT2D eigenvalue weighted by atomic mass is 35.5. The minimum absolute atomic E-state index is 0.394. The molecule has 0 aromatic carbocycles. The lowest BCUT2D eigenvalue weighted by atomic mass is 10.0. The number of imidazole rings is 1. The van der Waals surface area contributed by atoms with Crippen LogP contribution in [0.25, 0.3) is 11.2 Å². The summed E-state index contributed by atoms with van der Waals surface area (Å²) in [4.78, 5) is 4.70. The zero-order valence-electron chi connectivity index (χ0n) is 13.1. The van der Waals surface area contributed by atoms with Crippen molar-refractivity contribution in [2.75, 3.05) is 0 Å². The molecule has 0 aliphatic carbocycles. The number of alkyl halides is 1. The van der Waals surface area contributed by atoms with Crippen molar-refractivity contribution in [3.63, 3.8) is 0 Å². The summed E-state index contributed by atoms with van der Waals surface area (Å²) in [6.45, 7) is 11.8. The van der Waals surface area contributed by atoms with Gasteiger partial charge in [-0.3, -0.25) is 0 Å². The number of aromatic nitrogens is 4. The van der Waals surface area contributed by atoms with Crippen molar-refractivity contribution in [1.29, 1.82) is 0 Å². The van der Waals surface area contributed by atoms with E-state index in [9.17, 15) is 0 Å². The van der Waals surface area contributed by atoms with Crippen LogP contribution in [0.2, 0.25) is 0 Å². The summed E-state index contributed by atoms with van der Waals surface area (Å²) in [6, 6.07) is 0.394. The molecule has 2 atom stereocenters. The molecule has 2 unspecified atom stereocenters. The Kier molecular flexibility index (Phi) is 4.74. The molecule has 2 rings (SSSR count). The van der Waals surface area contributed by atoms with E-state index in [1.807, 2.05) is 11.6 Å². The zero-order valence-corrected chi connectivity index (χ0v) is 13.9. The lowest BCUT2D eigenvalue weighted by Crippen LogP contribution is -2.14. The van der Waals surface area contributed by atoms with Crippen LogP contribution in [-0.2, 0) is 12.4 Å². The topological polar surface area (TPSA) is 35.6 Å². The van der Waals surface area contributed by atoms with Crippen LogP contribution in [0.15, 0.2) is 0 Å². The zero-order chi connectivity index (χ0) is 14.9. The molecule has 2 aromatic heterocycles. The molecule has 0 fully saturated rings. The maximum absolute atomic E-state index is 6.11. The average Bonchev–Trinajstić information content (AvgIpc) is 2.96. The SMILES string of the molecule is CCC(C)CC(C)n1c(CCl)nc2c(C)nn(CC)c21. The molecule has 0 radical (unpaired) electrons. The summed E-state index contributed by atoms with van der Waals surface area (Å²) in [6.07, 6.45) is 2.34. The third-order valence-electron chi connectivity index (χ3n) is 4.12. The van der Waals surface area contributed by atoms with Crippen molar-refractivity contribution >= 4 is 22.8 Å². The molecule has 0 saturated heterocycles. The highest BCUT2D eigenvalue weighted by Crippen LogP contribution is 2.28. The molecule has 0 saturated carbocycles. The number of hydrogen-bond donors (Lipinski definition) is 0. The normalized spacial score (nSPS) is 14.9. The lowest BCUT2D eigenvalue weighted by Gasteiger charge is -2.20. The van der Waals surface area contributed by atoms with Gasteiger partial charge < -0.3 is 4.57 Å². The van der Waals surface area contributed by atoms with Gasteiger partial charge in [-0.25, -0.2) is 9.67 Å². The Labute approximate surface area is 126 Å². The second-order valence-electron chi connectivity index (χ2n) is 5.70. The Morgan fingerprint density at radius 2 is 1.95 bits per heavy atom. The highest BCUT2D eigenvalue weighted by Gasteiger charge is 2.21. The first-order valence-corrected chi connectivity index (χ1v) is 8.07. The molecule has 2 aromatic rings. The maximum Gasteiger partial charge on any atom is 0.159 e. The number of fused-ring (bicyclic) bond motifs is 1. The van der Waals surface area contributed by atoms with Gasteiger partial charge in [-0.2, -0.15) is 5.10 Å². The quantitative estimate of drug-likeness (QED) is 0.745. The number of rotatable bonds is 6. The van der Waals surface area contributed by atoms with Gasteiger partial charge in [-0.15, -0.1) is 11.6 Å². The fraction of sp³-hybridized carbons (Fsp3) is 0.733. The standard InChI is InChI=1S/C15H25ClN4/c1-6-10(3)8-11(4)20-13(9-16)17-14-12(5)18-19(7-2)15(14)20/h10-11H,6-9H2,1-5H3. The van der Waals surface area contributed by atoms with Crippen LogP contribution in [0.4, 0.5) is 0 Å².